The summed E-state index contributed by atoms with van der Waals surface area (Å²) in [4.78, 5) is 29.0. The SMILES string of the molecule is COc1ccccc1CNC(=O)[C@H](c1ccccc1)N(Cc1ccc(Cl)cc1)C(=O)COc1ccccc1. The summed E-state index contributed by atoms with van der Waals surface area (Å²) in [6.45, 7) is 0.214. The molecule has 0 fully saturated rings. The molecule has 0 saturated heterocycles. The van der Waals surface area contributed by atoms with Gasteiger partial charge in [-0.3, -0.25) is 9.59 Å². The lowest BCUT2D eigenvalue weighted by Gasteiger charge is -2.31. The minimum absolute atomic E-state index is 0.190. The van der Waals surface area contributed by atoms with Crippen LogP contribution in [0.3, 0.4) is 0 Å². The fraction of sp³-hybridized carbons (Fsp3) is 0.161. The van der Waals surface area contributed by atoms with Gasteiger partial charge in [-0.1, -0.05) is 90.5 Å². The van der Waals surface area contributed by atoms with E-state index in [2.05, 4.69) is 5.32 Å². The first-order chi connectivity index (χ1) is 18.5. The molecule has 0 aromatic heterocycles. The predicted octanol–water partition coefficient (Wildman–Crippen LogP) is 5.81. The average molecular weight is 529 g/mol. The Hall–Kier alpha value is -4.29. The summed E-state index contributed by atoms with van der Waals surface area (Å²) in [6.07, 6.45) is 0. The summed E-state index contributed by atoms with van der Waals surface area (Å²) < 4.78 is 11.2. The zero-order valence-corrected chi connectivity index (χ0v) is 21.8. The Bertz CT molecular complexity index is 1330. The number of nitrogens with one attached hydrogen (secondary N) is 1. The first-order valence-electron chi connectivity index (χ1n) is 12.2. The highest BCUT2D eigenvalue weighted by Crippen LogP contribution is 2.26. The van der Waals surface area contributed by atoms with Crippen molar-refractivity contribution < 1.29 is 19.1 Å². The Morgan fingerprint density at radius 2 is 1.47 bits per heavy atom. The third-order valence-electron chi connectivity index (χ3n) is 6.01. The lowest BCUT2D eigenvalue weighted by molar-refractivity contribution is -0.143. The third-order valence-corrected chi connectivity index (χ3v) is 6.26. The van der Waals surface area contributed by atoms with Crippen molar-refractivity contribution in [3.8, 4) is 11.5 Å². The summed E-state index contributed by atoms with van der Waals surface area (Å²) in [5.41, 5.74) is 2.35. The van der Waals surface area contributed by atoms with Crippen molar-refractivity contribution >= 4 is 23.4 Å². The van der Waals surface area contributed by atoms with E-state index in [1.807, 2.05) is 84.9 Å². The van der Waals surface area contributed by atoms with Crippen LogP contribution in [0.5, 0.6) is 11.5 Å². The molecule has 6 nitrogen and oxygen atoms in total. The lowest BCUT2D eigenvalue weighted by Crippen LogP contribution is -2.45. The van der Waals surface area contributed by atoms with Crippen LogP contribution in [-0.2, 0) is 22.7 Å². The zero-order chi connectivity index (χ0) is 26.7. The number of halogens is 1. The van der Waals surface area contributed by atoms with Crippen molar-refractivity contribution in [3.63, 3.8) is 0 Å². The first-order valence-corrected chi connectivity index (χ1v) is 12.6. The highest BCUT2D eigenvalue weighted by atomic mass is 35.5. The van der Waals surface area contributed by atoms with Gasteiger partial charge in [0, 0.05) is 23.7 Å². The van der Waals surface area contributed by atoms with Crippen LogP contribution in [0.25, 0.3) is 0 Å². The van der Waals surface area contributed by atoms with Gasteiger partial charge >= 0.3 is 0 Å². The number of nitrogens with zero attached hydrogens (tertiary/aromatic N) is 1. The molecule has 2 amide bonds. The maximum absolute atomic E-state index is 13.8. The van der Waals surface area contributed by atoms with Crippen LogP contribution in [0.15, 0.2) is 109 Å². The Kier molecular flexibility index (Phi) is 9.37. The highest BCUT2D eigenvalue weighted by Gasteiger charge is 2.32. The number of carbonyl (C=O) groups is 2. The summed E-state index contributed by atoms with van der Waals surface area (Å²) in [5, 5.41) is 3.59. The number of rotatable bonds is 11. The smallest absolute Gasteiger partial charge is 0.261 e. The molecule has 0 spiro atoms. The molecule has 7 heteroatoms. The first kappa shape index (κ1) is 26.8. The van der Waals surface area contributed by atoms with Gasteiger partial charge in [-0.25, -0.2) is 0 Å². The van der Waals surface area contributed by atoms with Crippen molar-refractivity contribution in [2.45, 2.75) is 19.1 Å². The molecular weight excluding hydrogens is 500 g/mol. The van der Waals surface area contributed by atoms with Crippen LogP contribution in [0.2, 0.25) is 5.02 Å². The second-order valence-electron chi connectivity index (χ2n) is 8.59. The van der Waals surface area contributed by atoms with Gasteiger partial charge in [0.05, 0.1) is 7.11 Å². The fourth-order valence-electron chi connectivity index (χ4n) is 4.09. The van der Waals surface area contributed by atoms with Gasteiger partial charge < -0.3 is 19.7 Å². The number of para-hydroxylation sites is 2. The molecule has 4 aromatic carbocycles. The maximum atomic E-state index is 13.8. The molecule has 1 N–H and O–H groups in total. The van der Waals surface area contributed by atoms with E-state index in [1.54, 1.807) is 36.3 Å². The van der Waals surface area contributed by atoms with E-state index in [4.69, 9.17) is 21.1 Å². The van der Waals surface area contributed by atoms with E-state index >= 15 is 0 Å². The van der Waals surface area contributed by atoms with Gasteiger partial charge in [0.1, 0.15) is 17.5 Å². The van der Waals surface area contributed by atoms with Crippen molar-refractivity contribution in [1.29, 1.82) is 0 Å². The normalized spacial score (nSPS) is 11.3. The number of hydrogen-bond donors (Lipinski definition) is 1. The van der Waals surface area contributed by atoms with E-state index in [-0.39, 0.29) is 31.5 Å². The van der Waals surface area contributed by atoms with Crippen molar-refractivity contribution in [2.75, 3.05) is 13.7 Å². The molecule has 0 saturated carbocycles. The van der Waals surface area contributed by atoms with E-state index in [0.29, 0.717) is 22.1 Å². The standard InChI is InChI=1S/C31H29ClN2O4/c1-37-28-15-9-8-12-25(28)20-33-31(36)30(24-10-4-2-5-11-24)34(21-23-16-18-26(32)19-17-23)29(35)22-38-27-13-6-3-7-14-27/h2-19,30H,20-22H2,1H3,(H,33,36)/t30-/m0/s1. The summed E-state index contributed by atoms with van der Waals surface area (Å²) >= 11 is 6.09. The topological polar surface area (TPSA) is 67.9 Å². The maximum Gasteiger partial charge on any atom is 0.261 e. The van der Waals surface area contributed by atoms with Crippen molar-refractivity contribution in [3.05, 3.63) is 131 Å². The monoisotopic (exact) mass is 528 g/mol. The Labute approximate surface area is 227 Å². The van der Waals surface area contributed by atoms with Crippen LogP contribution >= 0.6 is 11.6 Å². The van der Waals surface area contributed by atoms with Gasteiger partial charge in [-0.15, -0.1) is 0 Å². The third kappa shape index (κ3) is 7.14. The second kappa shape index (κ2) is 13.3. The van der Waals surface area contributed by atoms with E-state index in [9.17, 15) is 9.59 Å². The minimum Gasteiger partial charge on any atom is -0.496 e. The molecule has 0 aliphatic heterocycles. The minimum atomic E-state index is -0.895. The van der Waals surface area contributed by atoms with Gasteiger partial charge in [0.15, 0.2) is 6.61 Å². The predicted molar refractivity (Wildman–Crippen MR) is 148 cm³/mol. The molecule has 1 atom stereocenters. The number of ether oxygens (including phenoxy) is 2. The molecule has 0 bridgehead atoms. The van der Waals surface area contributed by atoms with E-state index < -0.39 is 6.04 Å². The zero-order valence-electron chi connectivity index (χ0n) is 21.0. The highest BCUT2D eigenvalue weighted by molar-refractivity contribution is 6.30. The Morgan fingerprint density at radius 1 is 0.842 bits per heavy atom. The van der Waals surface area contributed by atoms with Crippen molar-refractivity contribution in [2.24, 2.45) is 0 Å². The second-order valence-corrected chi connectivity index (χ2v) is 9.03. The molecule has 4 aromatic rings. The van der Waals surface area contributed by atoms with Gasteiger partial charge in [-0.05, 0) is 41.5 Å². The number of hydrogen-bond acceptors (Lipinski definition) is 4. The largest absolute Gasteiger partial charge is 0.496 e. The Morgan fingerprint density at radius 3 is 2.16 bits per heavy atom. The lowest BCUT2D eigenvalue weighted by atomic mass is 10.0. The number of carbonyl (C=O) groups excluding carboxylic acids is 2. The van der Waals surface area contributed by atoms with Crippen LogP contribution < -0.4 is 14.8 Å². The van der Waals surface area contributed by atoms with Crippen molar-refractivity contribution in [1.82, 2.24) is 10.2 Å². The van der Waals surface area contributed by atoms with Crippen LogP contribution in [-0.4, -0.2) is 30.4 Å². The summed E-state index contributed by atoms with van der Waals surface area (Å²) in [5.74, 6) is 0.604. The van der Waals surface area contributed by atoms with E-state index in [1.165, 1.54) is 0 Å². The molecule has 0 heterocycles. The van der Waals surface area contributed by atoms with Crippen LogP contribution in [0.4, 0.5) is 0 Å². The molecule has 0 radical (unpaired) electrons. The molecule has 0 aliphatic rings. The van der Waals surface area contributed by atoms with Gasteiger partial charge in [0.25, 0.3) is 5.91 Å². The molecule has 38 heavy (non-hydrogen) atoms. The molecular formula is C31H29ClN2O4. The quantitative estimate of drug-likeness (QED) is 0.266. The number of amides is 2. The molecule has 4 rings (SSSR count). The Balaban J connectivity index is 1.63. The fourth-order valence-corrected chi connectivity index (χ4v) is 4.22. The van der Waals surface area contributed by atoms with E-state index in [0.717, 1.165) is 11.1 Å². The average Bonchev–Trinajstić information content (AvgIpc) is 2.96. The van der Waals surface area contributed by atoms with Crippen LogP contribution in [0.1, 0.15) is 22.7 Å². The van der Waals surface area contributed by atoms with Crippen LogP contribution in [0, 0.1) is 0 Å². The number of methoxy groups -OCH3 is 1. The van der Waals surface area contributed by atoms with Gasteiger partial charge in [-0.2, -0.15) is 0 Å². The molecule has 194 valence electrons. The molecule has 0 unspecified atom stereocenters. The van der Waals surface area contributed by atoms with Gasteiger partial charge in [0.2, 0.25) is 5.91 Å². The summed E-state index contributed by atoms with van der Waals surface area (Å²) in [7, 11) is 1.59. The molecule has 0 aliphatic carbocycles. The summed E-state index contributed by atoms with van der Waals surface area (Å²) in [6, 6.07) is 32.2. The number of benzene rings is 4.